The zero-order valence-electron chi connectivity index (χ0n) is 18.3. The minimum absolute atomic E-state index is 0.170. The van der Waals surface area contributed by atoms with Gasteiger partial charge in [-0.3, -0.25) is 19.8 Å². The second-order valence-corrected chi connectivity index (χ2v) is 8.47. The molecule has 0 radical (unpaired) electrons. The van der Waals surface area contributed by atoms with Crippen LogP contribution >= 0.6 is 11.8 Å². The highest BCUT2D eigenvalue weighted by Crippen LogP contribution is 2.32. The standard InChI is InChI=1S/C22H25N5O4S/c1-5-22(15-9-7-6-8-10-15)20(30)27(21(31)25-22)26-16(28)11-32-19-17(18(23)29)13(3)12(2)14(4)24-19/h6-10H,5,11H2,1-4H3,(H2,23,29)(H,25,31)(H,26,28)/t22-/m0/s1. The molecular weight excluding hydrogens is 430 g/mol. The molecule has 32 heavy (non-hydrogen) atoms. The Hall–Kier alpha value is -3.40. The summed E-state index contributed by atoms with van der Waals surface area (Å²) in [5.41, 5.74) is 9.80. The molecule has 1 aromatic heterocycles. The number of carbonyl (C=O) groups is 4. The first kappa shape index (κ1) is 23.3. The van der Waals surface area contributed by atoms with E-state index in [4.69, 9.17) is 5.73 Å². The Labute approximate surface area is 190 Å². The second kappa shape index (κ2) is 8.99. The third kappa shape index (κ3) is 4.05. The van der Waals surface area contributed by atoms with Gasteiger partial charge in [-0.05, 0) is 43.9 Å². The van der Waals surface area contributed by atoms with Gasteiger partial charge >= 0.3 is 6.03 Å². The Kier molecular flexibility index (Phi) is 6.54. The minimum atomic E-state index is -1.25. The van der Waals surface area contributed by atoms with Crippen LogP contribution in [0.15, 0.2) is 35.4 Å². The molecule has 0 aliphatic carbocycles. The van der Waals surface area contributed by atoms with E-state index in [0.29, 0.717) is 27.6 Å². The molecule has 1 fully saturated rings. The zero-order chi connectivity index (χ0) is 23.6. The van der Waals surface area contributed by atoms with Gasteiger partial charge < -0.3 is 11.1 Å². The molecule has 3 rings (SSSR count). The molecule has 0 spiro atoms. The summed E-state index contributed by atoms with van der Waals surface area (Å²) in [5, 5.41) is 3.73. The number of urea groups is 1. The van der Waals surface area contributed by atoms with Crippen LogP contribution in [0.4, 0.5) is 4.79 Å². The average Bonchev–Trinajstić information content (AvgIpc) is 3.01. The van der Waals surface area contributed by atoms with Gasteiger partial charge in [0.05, 0.1) is 11.3 Å². The molecule has 1 saturated heterocycles. The molecule has 5 amide bonds. The number of primary amides is 1. The normalized spacial score (nSPS) is 17.9. The van der Waals surface area contributed by atoms with Crippen LogP contribution in [-0.2, 0) is 15.1 Å². The molecular formula is C22H25N5O4S. The fraction of sp³-hybridized carbons (Fsp3) is 0.318. The van der Waals surface area contributed by atoms with E-state index in [-0.39, 0.29) is 11.3 Å². The number of carbonyl (C=O) groups excluding carboxylic acids is 4. The highest BCUT2D eigenvalue weighted by atomic mass is 32.2. The third-order valence-corrected chi connectivity index (χ3v) is 6.65. The number of thioether (sulfide) groups is 1. The van der Waals surface area contributed by atoms with E-state index >= 15 is 0 Å². The Morgan fingerprint density at radius 1 is 1.16 bits per heavy atom. The van der Waals surface area contributed by atoms with E-state index in [1.165, 1.54) is 0 Å². The molecule has 9 nitrogen and oxygen atoms in total. The number of imide groups is 1. The number of aryl methyl sites for hydroxylation is 1. The first-order chi connectivity index (χ1) is 15.1. The molecule has 1 aromatic carbocycles. The maximum absolute atomic E-state index is 13.1. The number of hydrazine groups is 1. The van der Waals surface area contributed by atoms with Crippen LogP contribution in [0.25, 0.3) is 0 Å². The molecule has 0 saturated carbocycles. The maximum atomic E-state index is 13.1. The number of nitrogens with one attached hydrogen (secondary N) is 2. The van der Waals surface area contributed by atoms with Gasteiger partial charge in [-0.2, -0.15) is 5.01 Å². The first-order valence-corrected chi connectivity index (χ1v) is 11.0. The zero-order valence-corrected chi connectivity index (χ0v) is 19.1. The van der Waals surface area contributed by atoms with Gasteiger partial charge in [0.1, 0.15) is 10.6 Å². The van der Waals surface area contributed by atoms with E-state index in [1.807, 2.05) is 13.0 Å². The molecule has 168 valence electrons. The largest absolute Gasteiger partial charge is 0.366 e. The number of rotatable bonds is 7. The van der Waals surface area contributed by atoms with Crippen LogP contribution in [0.2, 0.25) is 0 Å². The lowest BCUT2D eigenvalue weighted by molar-refractivity contribution is -0.138. The van der Waals surface area contributed by atoms with Crippen molar-refractivity contribution in [3.63, 3.8) is 0 Å². The predicted octanol–water partition coefficient (Wildman–Crippen LogP) is 2.09. The van der Waals surface area contributed by atoms with E-state index in [1.54, 1.807) is 45.0 Å². The molecule has 1 atom stereocenters. The monoisotopic (exact) mass is 455 g/mol. The minimum Gasteiger partial charge on any atom is -0.366 e. The van der Waals surface area contributed by atoms with Gasteiger partial charge in [-0.25, -0.2) is 9.78 Å². The van der Waals surface area contributed by atoms with Crippen LogP contribution in [0.3, 0.4) is 0 Å². The smallest absolute Gasteiger partial charge is 0.344 e. The number of nitrogens with zero attached hydrogens (tertiary/aromatic N) is 2. The molecule has 10 heteroatoms. The first-order valence-electron chi connectivity index (χ1n) is 10.0. The highest BCUT2D eigenvalue weighted by molar-refractivity contribution is 8.00. The van der Waals surface area contributed by atoms with Gasteiger partial charge in [-0.1, -0.05) is 49.0 Å². The molecule has 4 N–H and O–H groups in total. The average molecular weight is 456 g/mol. The number of pyridine rings is 1. The number of nitrogens with two attached hydrogens (primary N) is 1. The van der Waals surface area contributed by atoms with Crippen molar-refractivity contribution in [3.05, 3.63) is 58.3 Å². The van der Waals surface area contributed by atoms with Crippen molar-refractivity contribution in [2.24, 2.45) is 5.73 Å². The lowest BCUT2D eigenvalue weighted by atomic mass is 9.87. The van der Waals surface area contributed by atoms with E-state index in [0.717, 1.165) is 23.0 Å². The number of hydrogen-bond acceptors (Lipinski definition) is 6. The third-order valence-electron chi connectivity index (χ3n) is 5.67. The van der Waals surface area contributed by atoms with Crippen LogP contribution in [-0.4, -0.2) is 39.5 Å². The SMILES string of the molecule is CC[C@@]1(c2ccccc2)NC(=O)N(NC(=O)CSc2nc(C)c(C)c(C)c2C(N)=O)C1=O. The van der Waals surface area contributed by atoms with E-state index in [2.05, 4.69) is 15.7 Å². The fourth-order valence-corrected chi connectivity index (χ4v) is 4.57. The number of aromatic nitrogens is 1. The predicted molar refractivity (Wildman–Crippen MR) is 120 cm³/mol. The van der Waals surface area contributed by atoms with Gasteiger partial charge in [0.2, 0.25) is 5.91 Å². The van der Waals surface area contributed by atoms with Crippen molar-refractivity contribution in [2.45, 2.75) is 44.7 Å². The van der Waals surface area contributed by atoms with Gasteiger partial charge in [0.25, 0.3) is 11.8 Å². The molecule has 1 aliphatic heterocycles. The maximum Gasteiger partial charge on any atom is 0.344 e. The Morgan fingerprint density at radius 3 is 2.41 bits per heavy atom. The van der Waals surface area contributed by atoms with Crippen LogP contribution < -0.4 is 16.5 Å². The quantitative estimate of drug-likeness (QED) is 0.432. The molecule has 2 heterocycles. The van der Waals surface area contributed by atoms with Crippen molar-refractivity contribution in [1.29, 1.82) is 0 Å². The summed E-state index contributed by atoms with van der Waals surface area (Å²) >= 11 is 1.01. The van der Waals surface area contributed by atoms with Crippen molar-refractivity contribution < 1.29 is 19.2 Å². The van der Waals surface area contributed by atoms with Gasteiger partial charge in [0.15, 0.2) is 0 Å². The van der Waals surface area contributed by atoms with Crippen molar-refractivity contribution in [1.82, 2.24) is 20.7 Å². The summed E-state index contributed by atoms with van der Waals surface area (Å²) in [4.78, 5) is 54.5. The number of benzene rings is 1. The summed E-state index contributed by atoms with van der Waals surface area (Å²) in [6.45, 7) is 7.20. The summed E-state index contributed by atoms with van der Waals surface area (Å²) in [6.07, 6.45) is 0.316. The van der Waals surface area contributed by atoms with Gasteiger partial charge in [-0.15, -0.1) is 0 Å². The van der Waals surface area contributed by atoms with Crippen molar-refractivity contribution >= 4 is 35.5 Å². The molecule has 2 aromatic rings. The summed E-state index contributed by atoms with van der Waals surface area (Å²) in [6, 6.07) is 8.16. The second-order valence-electron chi connectivity index (χ2n) is 7.51. The van der Waals surface area contributed by atoms with Gasteiger partial charge in [0, 0.05) is 5.69 Å². The summed E-state index contributed by atoms with van der Waals surface area (Å²) < 4.78 is 0. The van der Waals surface area contributed by atoms with E-state index in [9.17, 15) is 19.2 Å². The molecule has 1 aliphatic rings. The number of amides is 5. The lowest BCUT2D eigenvalue weighted by Gasteiger charge is -2.25. The van der Waals surface area contributed by atoms with Crippen molar-refractivity contribution in [2.75, 3.05) is 5.75 Å². The van der Waals surface area contributed by atoms with Crippen LogP contribution in [0.5, 0.6) is 0 Å². The summed E-state index contributed by atoms with van der Waals surface area (Å²) in [7, 11) is 0. The van der Waals surface area contributed by atoms with Crippen LogP contribution in [0.1, 0.15) is 46.1 Å². The fourth-order valence-electron chi connectivity index (χ4n) is 3.64. The van der Waals surface area contributed by atoms with Crippen LogP contribution in [0, 0.1) is 20.8 Å². The topological polar surface area (TPSA) is 134 Å². The highest BCUT2D eigenvalue weighted by Gasteiger charge is 2.52. The number of hydrogen-bond donors (Lipinski definition) is 3. The lowest BCUT2D eigenvalue weighted by Crippen LogP contribution is -2.49. The van der Waals surface area contributed by atoms with Crippen molar-refractivity contribution in [3.8, 4) is 0 Å². The Morgan fingerprint density at radius 2 is 1.81 bits per heavy atom. The Bertz CT molecular complexity index is 1110. The summed E-state index contributed by atoms with van der Waals surface area (Å²) in [5.74, 6) is -1.96. The molecule has 0 unspecified atom stereocenters. The van der Waals surface area contributed by atoms with E-state index < -0.39 is 29.3 Å². The Balaban J connectivity index is 1.76. The molecule has 0 bridgehead atoms.